The number of rotatable bonds is 5. The number of benzene rings is 2. The second-order valence-electron chi connectivity index (χ2n) is 9.41. The number of hydrogen-bond donors (Lipinski definition) is 0. The summed E-state index contributed by atoms with van der Waals surface area (Å²) in [5.41, 5.74) is 6.99. The molecule has 35 heavy (non-hydrogen) atoms. The second kappa shape index (κ2) is 9.41. The lowest BCUT2D eigenvalue weighted by atomic mass is 10.0. The summed E-state index contributed by atoms with van der Waals surface area (Å²) in [5, 5.41) is 4.58. The van der Waals surface area contributed by atoms with Crippen molar-refractivity contribution in [2.45, 2.75) is 33.7 Å². The zero-order chi connectivity index (χ0) is 24.5. The number of aryl methyl sites for hydroxylation is 4. The van der Waals surface area contributed by atoms with Crippen LogP contribution in [0.4, 0.5) is 5.69 Å². The van der Waals surface area contributed by atoms with Crippen molar-refractivity contribution in [1.29, 1.82) is 0 Å². The number of aromatic nitrogens is 3. The normalized spacial score (nSPS) is 14.0. The van der Waals surface area contributed by atoms with Gasteiger partial charge in [-0.1, -0.05) is 29.8 Å². The quantitative estimate of drug-likeness (QED) is 0.446. The number of piperazine rings is 1. The fourth-order valence-electron chi connectivity index (χ4n) is 4.59. The lowest BCUT2D eigenvalue weighted by Gasteiger charge is -2.36. The molecular weight excluding hydrogens is 438 g/mol. The van der Waals surface area contributed by atoms with E-state index in [1.165, 1.54) is 22.4 Å². The molecule has 5 rings (SSSR count). The van der Waals surface area contributed by atoms with E-state index in [-0.39, 0.29) is 11.5 Å². The molecule has 0 N–H and O–H groups in total. The minimum Gasteiger partial charge on any atom is -0.368 e. The van der Waals surface area contributed by atoms with Crippen LogP contribution in [-0.2, 0) is 11.3 Å². The van der Waals surface area contributed by atoms with Gasteiger partial charge < -0.3 is 14.4 Å². The number of amides is 1. The topological polar surface area (TPSA) is 62.9 Å². The van der Waals surface area contributed by atoms with E-state index in [2.05, 4.69) is 67.2 Å². The Kier molecular flexibility index (Phi) is 6.16. The highest BCUT2D eigenvalue weighted by atomic mass is 16.2. The molecule has 1 fully saturated rings. The van der Waals surface area contributed by atoms with E-state index in [9.17, 15) is 9.59 Å². The van der Waals surface area contributed by atoms with E-state index in [1.54, 1.807) is 21.5 Å². The molecule has 2 aromatic carbocycles. The van der Waals surface area contributed by atoms with Gasteiger partial charge in [-0.25, -0.2) is 4.52 Å². The van der Waals surface area contributed by atoms with Crippen molar-refractivity contribution in [2.24, 2.45) is 0 Å². The van der Waals surface area contributed by atoms with Gasteiger partial charge in [0.25, 0.3) is 5.56 Å². The summed E-state index contributed by atoms with van der Waals surface area (Å²) in [5.74, 6) is 0.0876. The van der Waals surface area contributed by atoms with E-state index in [0.29, 0.717) is 31.6 Å². The van der Waals surface area contributed by atoms with Gasteiger partial charge in [0, 0.05) is 62.8 Å². The van der Waals surface area contributed by atoms with Gasteiger partial charge in [-0.15, -0.1) is 0 Å². The summed E-state index contributed by atoms with van der Waals surface area (Å²) in [6, 6.07) is 16.5. The minimum atomic E-state index is -0.132. The van der Waals surface area contributed by atoms with Crippen molar-refractivity contribution in [3.63, 3.8) is 0 Å². The Balaban J connectivity index is 1.23. The monoisotopic (exact) mass is 469 g/mol. The Bertz CT molecular complexity index is 1430. The first kappa shape index (κ1) is 22.9. The molecule has 0 atom stereocenters. The Hall–Kier alpha value is -3.87. The number of carbonyl (C=O) groups excluding carboxylic acids is 1. The largest absolute Gasteiger partial charge is 0.368 e. The van der Waals surface area contributed by atoms with Crippen LogP contribution in [-0.4, -0.2) is 51.2 Å². The number of fused-ring (bicyclic) bond motifs is 1. The summed E-state index contributed by atoms with van der Waals surface area (Å²) in [6.07, 6.45) is 3.81. The maximum Gasteiger partial charge on any atom is 0.276 e. The second-order valence-corrected chi connectivity index (χ2v) is 9.41. The fraction of sp³-hybridized carbons (Fsp3) is 0.321. The van der Waals surface area contributed by atoms with Crippen LogP contribution in [0.5, 0.6) is 0 Å². The van der Waals surface area contributed by atoms with Crippen molar-refractivity contribution >= 4 is 17.1 Å². The average Bonchev–Trinajstić information content (AvgIpc) is 3.31. The van der Waals surface area contributed by atoms with Crippen LogP contribution in [0.15, 0.2) is 65.7 Å². The SMILES string of the molecule is Cc1ccc(N2CCN(C(=O)CCn3ccn4nc(-c5ccc(C)c(C)c5)cc4c3=O)CC2)cc1. The van der Waals surface area contributed by atoms with Crippen molar-refractivity contribution < 1.29 is 4.79 Å². The van der Waals surface area contributed by atoms with Crippen LogP contribution < -0.4 is 10.5 Å². The molecule has 0 unspecified atom stereocenters. The zero-order valence-corrected chi connectivity index (χ0v) is 20.6. The first-order valence-corrected chi connectivity index (χ1v) is 12.1. The fourth-order valence-corrected chi connectivity index (χ4v) is 4.59. The maximum atomic E-state index is 13.1. The zero-order valence-electron chi connectivity index (χ0n) is 20.6. The third-order valence-electron chi connectivity index (χ3n) is 7.00. The lowest BCUT2D eigenvalue weighted by Crippen LogP contribution is -2.49. The average molecular weight is 470 g/mol. The molecule has 7 heteroatoms. The highest BCUT2D eigenvalue weighted by molar-refractivity contribution is 5.76. The van der Waals surface area contributed by atoms with Gasteiger partial charge in [-0.05, 0) is 56.2 Å². The molecule has 1 amide bonds. The Morgan fingerprint density at radius 3 is 2.34 bits per heavy atom. The van der Waals surface area contributed by atoms with Crippen LogP contribution in [0.1, 0.15) is 23.1 Å². The van der Waals surface area contributed by atoms with E-state index in [0.717, 1.165) is 24.3 Å². The van der Waals surface area contributed by atoms with Crippen LogP contribution >= 0.6 is 0 Å². The third kappa shape index (κ3) is 4.71. The van der Waals surface area contributed by atoms with Gasteiger partial charge in [0.05, 0.1) is 5.69 Å². The highest BCUT2D eigenvalue weighted by Crippen LogP contribution is 2.22. The molecule has 7 nitrogen and oxygen atoms in total. The summed E-state index contributed by atoms with van der Waals surface area (Å²) < 4.78 is 3.23. The molecule has 1 saturated heterocycles. The molecule has 3 heterocycles. The predicted octanol–water partition coefficient (Wildman–Crippen LogP) is 3.83. The molecule has 1 aliphatic heterocycles. The standard InChI is InChI=1S/C28H31N5O2/c1-20-4-8-24(9-5-20)30-12-14-31(15-13-30)27(34)10-11-32-16-17-33-26(28(32)35)19-25(29-33)23-7-6-21(2)22(3)18-23/h4-9,16-19H,10-15H2,1-3H3. The van der Waals surface area contributed by atoms with Crippen LogP contribution in [0.25, 0.3) is 16.8 Å². The maximum absolute atomic E-state index is 13.1. The summed E-state index contributed by atoms with van der Waals surface area (Å²) >= 11 is 0. The summed E-state index contributed by atoms with van der Waals surface area (Å²) in [4.78, 5) is 30.2. The first-order chi connectivity index (χ1) is 16.9. The molecule has 180 valence electrons. The number of anilines is 1. The number of hydrogen-bond acceptors (Lipinski definition) is 4. The van der Waals surface area contributed by atoms with Crippen molar-refractivity contribution in [2.75, 3.05) is 31.1 Å². The predicted molar refractivity (Wildman–Crippen MR) is 139 cm³/mol. The number of nitrogens with zero attached hydrogens (tertiary/aromatic N) is 5. The molecular formula is C28H31N5O2. The van der Waals surface area contributed by atoms with Crippen molar-refractivity contribution in [3.8, 4) is 11.3 Å². The minimum absolute atomic E-state index is 0.0876. The smallest absolute Gasteiger partial charge is 0.276 e. The Morgan fingerprint density at radius 1 is 0.886 bits per heavy atom. The van der Waals surface area contributed by atoms with E-state index in [4.69, 9.17) is 0 Å². The molecule has 4 aromatic rings. The van der Waals surface area contributed by atoms with Gasteiger partial charge >= 0.3 is 0 Å². The molecule has 0 saturated carbocycles. The molecule has 0 bridgehead atoms. The van der Waals surface area contributed by atoms with Crippen LogP contribution in [0, 0.1) is 20.8 Å². The van der Waals surface area contributed by atoms with Crippen LogP contribution in [0.2, 0.25) is 0 Å². The molecule has 1 aliphatic rings. The van der Waals surface area contributed by atoms with E-state index < -0.39 is 0 Å². The molecule has 0 radical (unpaired) electrons. The van der Waals surface area contributed by atoms with Gasteiger partial charge in [0.1, 0.15) is 5.52 Å². The molecule has 0 aliphatic carbocycles. The van der Waals surface area contributed by atoms with E-state index in [1.807, 2.05) is 17.0 Å². The van der Waals surface area contributed by atoms with Gasteiger partial charge in [0.2, 0.25) is 5.91 Å². The van der Waals surface area contributed by atoms with E-state index >= 15 is 0 Å². The molecule has 0 spiro atoms. The Morgan fingerprint density at radius 2 is 1.63 bits per heavy atom. The summed E-state index contributed by atoms with van der Waals surface area (Å²) in [6.45, 7) is 9.62. The Labute approximate surface area is 205 Å². The highest BCUT2D eigenvalue weighted by Gasteiger charge is 2.21. The van der Waals surface area contributed by atoms with Gasteiger partial charge in [-0.2, -0.15) is 5.10 Å². The lowest BCUT2D eigenvalue weighted by molar-refractivity contribution is -0.131. The van der Waals surface area contributed by atoms with Gasteiger partial charge in [-0.3, -0.25) is 9.59 Å². The first-order valence-electron chi connectivity index (χ1n) is 12.1. The van der Waals surface area contributed by atoms with Crippen LogP contribution in [0.3, 0.4) is 0 Å². The third-order valence-corrected chi connectivity index (χ3v) is 7.00. The van der Waals surface area contributed by atoms with Crippen molar-refractivity contribution in [3.05, 3.63) is 88.0 Å². The number of carbonyl (C=O) groups is 1. The molecule has 2 aromatic heterocycles. The van der Waals surface area contributed by atoms with Gasteiger partial charge in [0.15, 0.2) is 0 Å². The van der Waals surface area contributed by atoms with Crippen molar-refractivity contribution in [1.82, 2.24) is 19.1 Å². The summed E-state index contributed by atoms with van der Waals surface area (Å²) in [7, 11) is 0.